The molecular formula is C21H15FN4O4S. The topological polar surface area (TPSA) is 107 Å². The number of nitrogens with zero attached hydrogens (tertiary/aromatic N) is 3. The second-order valence-electron chi connectivity index (χ2n) is 6.82. The quantitative estimate of drug-likeness (QED) is 0.373. The first kappa shape index (κ1) is 20.4. The number of amides is 1. The molecule has 156 valence electrons. The predicted molar refractivity (Wildman–Crippen MR) is 116 cm³/mol. The lowest BCUT2D eigenvalue weighted by Crippen LogP contribution is -2.28. The normalized spacial score (nSPS) is 10.9. The molecule has 1 N–H and O–H groups in total. The highest BCUT2D eigenvalue weighted by Gasteiger charge is 2.16. The zero-order valence-electron chi connectivity index (χ0n) is 16.2. The van der Waals surface area contributed by atoms with Gasteiger partial charge in [-0.05, 0) is 30.2 Å². The number of fused-ring (bicyclic) bond motifs is 1. The van der Waals surface area contributed by atoms with Crippen LogP contribution in [-0.2, 0) is 11.3 Å². The maximum Gasteiger partial charge on any atom is 0.271 e. The fourth-order valence-electron chi connectivity index (χ4n) is 3.12. The lowest BCUT2D eigenvalue weighted by atomic mass is 10.1. The molecule has 4 aromatic rings. The van der Waals surface area contributed by atoms with Gasteiger partial charge in [-0.25, -0.2) is 9.37 Å². The molecule has 10 heteroatoms. The largest absolute Gasteiger partial charge is 0.324 e. The Morgan fingerprint density at radius 3 is 2.71 bits per heavy atom. The molecule has 0 fully saturated rings. The van der Waals surface area contributed by atoms with Crippen LogP contribution in [0.15, 0.2) is 59.0 Å². The molecule has 2 aromatic heterocycles. The van der Waals surface area contributed by atoms with E-state index in [2.05, 4.69) is 10.3 Å². The number of nitro groups is 1. The average molecular weight is 438 g/mol. The van der Waals surface area contributed by atoms with E-state index in [1.165, 1.54) is 52.6 Å². The summed E-state index contributed by atoms with van der Waals surface area (Å²) in [4.78, 5) is 40.8. The molecule has 31 heavy (non-hydrogen) atoms. The van der Waals surface area contributed by atoms with Crippen molar-refractivity contribution in [3.05, 3.63) is 86.0 Å². The smallest absolute Gasteiger partial charge is 0.271 e. The number of hydrogen-bond donors (Lipinski definition) is 1. The molecule has 0 aliphatic carbocycles. The minimum atomic E-state index is -0.551. The van der Waals surface area contributed by atoms with Gasteiger partial charge >= 0.3 is 0 Å². The number of hydrogen-bond acceptors (Lipinski definition) is 6. The minimum Gasteiger partial charge on any atom is -0.324 e. The van der Waals surface area contributed by atoms with E-state index in [-0.39, 0.29) is 18.0 Å². The highest BCUT2D eigenvalue weighted by molar-refractivity contribution is 7.17. The monoisotopic (exact) mass is 438 g/mol. The van der Waals surface area contributed by atoms with Gasteiger partial charge in [0.15, 0.2) is 0 Å². The lowest BCUT2D eigenvalue weighted by Gasteiger charge is -2.10. The van der Waals surface area contributed by atoms with Gasteiger partial charge in [-0.1, -0.05) is 18.2 Å². The number of nitro benzene ring substituents is 1. The Morgan fingerprint density at radius 2 is 2.00 bits per heavy atom. The molecule has 2 aromatic carbocycles. The van der Waals surface area contributed by atoms with Crippen molar-refractivity contribution in [3.8, 4) is 11.1 Å². The van der Waals surface area contributed by atoms with Gasteiger partial charge in [0.05, 0.1) is 22.3 Å². The van der Waals surface area contributed by atoms with Crippen LogP contribution in [0.4, 0.5) is 15.8 Å². The van der Waals surface area contributed by atoms with E-state index < -0.39 is 16.4 Å². The fourth-order valence-corrected chi connectivity index (χ4v) is 4.03. The van der Waals surface area contributed by atoms with Gasteiger partial charge in [0.1, 0.15) is 17.2 Å². The SMILES string of the molecule is Cc1ccc([N+](=O)[O-])cc1NC(=O)Cn1cnc2scc(-c3ccc(F)cc3)c2c1=O. The summed E-state index contributed by atoms with van der Waals surface area (Å²) in [5.41, 5.74) is 1.67. The number of benzene rings is 2. The Hall–Kier alpha value is -3.92. The summed E-state index contributed by atoms with van der Waals surface area (Å²) in [5, 5.41) is 15.7. The molecule has 1 amide bonds. The molecule has 0 atom stereocenters. The van der Waals surface area contributed by atoms with E-state index in [9.17, 15) is 24.1 Å². The van der Waals surface area contributed by atoms with Gasteiger partial charge in [-0.15, -0.1) is 11.3 Å². The molecule has 0 aliphatic rings. The van der Waals surface area contributed by atoms with Gasteiger partial charge in [0, 0.05) is 23.1 Å². The first-order chi connectivity index (χ1) is 14.8. The second-order valence-corrected chi connectivity index (χ2v) is 7.68. The summed E-state index contributed by atoms with van der Waals surface area (Å²) in [6.07, 6.45) is 1.29. The Morgan fingerprint density at radius 1 is 1.26 bits per heavy atom. The number of halogens is 1. The molecular weight excluding hydrogens is 423 g/mol. The number of carbonyl (C=O) groups excluding carboxylic acids is 1. The number of aryl methyl sites for hydroxylation is 1. The van der Waals surface area contributed by atoms with Gasteiger partial charge in [-0.2, -0.15) is 0 Å². The van der Waals surface area contributed by atoms with Crippen molar-refractivity contribution < 1.29 is 14.1 Å². The number of thiophene rings is 1. The van der Waals surface area contributed by atoms with Crippen LogP contribution in [0.25, 0.3) is 21.3 Å². The average Bonchev–Trinajstić information content (AvgIpc) is 3.17. The van der Waals surface area contributed by atoms with Gasteiger partial charge in [0.25, 0.3) is 11.2 Å². The summed E-state index contributed by atoms with van der Waals surface area (Å²) in [7, 11) is 0. The maximum absolute atomic E-state index is 13.2. The van der Waals surface area contributed by atoms with E-state index in [1.807, 2.05) is 0 Å². The molecule has 0 saturated carbocycles. The highest BCUT2D eigenvalue weighted by Crippen LogP contribution is 2.30. The molecule has 0 radical (unpaired) electrons. The van der Waals surface area contributed by atoms with Crippen molar-refractivity contribution in [1.82, 2.24) is 9.55 Å². The van der Waals surface area contributed by atoms with E-state index >= 15 is 0 Å². The van der Waals surface area contributed by atoms with Gasteiger partial charge < -0.3 is 5.32 Å². The van der Waals surface area contributed by atoms with Crippen LogP contribution >= 0.6 is 11.3 Å². The van der Waals surface area contributed by atoms with Crippen molar-refractivity contribution in [2.75, 3.05) is 5.32 Å². The molecule has 0 saturated heterocycles. The molecule has 4 rings (SSSR count). The number of anilines is 1. The Bertz CT molecular complexity index is 1380. The van der Waals surface area contributed by atoms with Gasteiger partial charge in [0.2, 0.25) is 5.91 Å². The van der Waals surface area contributed by atoms with Gasteiger partial charge in [-0.3, -0.25) is 24.3 Å². The number of carbonyl (C=O) groups is 1. The summed E-state index contributed by atoms with van der Waals surface area (Å²) >= 11 is 1.28. The first-order valence-corrected chi connectivity index (χ1v) is 9.99. The van der Waals surface area contributed by atoms with Crippen LogP contribution in [0.3, 0.4) is 0 Å². The number of rotatable bonds is 5. The van der Waals surface area contributed by atoms with Crippen molar-refractivity contribution in [2.24, 2.45) is 0 Å². The van der Waals surface area contributed by atoms with Crippen molar-refractivity contribution in [1.29, 1.82) is 0 Å². The van der Waals surface area contributed by atoms with Crippen LogP contribution in [0.1, 0.15) is 5.56 Å². The van der Waals surface area contributed by atoms with Crippen molar-refractivity contribution in [3.63, 3.8) is 0 Å². The van der Waals surface area contributed by atoms with E-state index in [1.54, 1.807) is 24.4 Å². The molecule has 0 bridgehead atoms. The number of non-ortho nitro benzene ring substituents is 1. The third-order valence-electron chi connectivity index (χ3n) is 4.74. The highest BCUT2D eigenvalue weighted by atomic mass is 32.1. The molecule has 0 unspecified atom stereocenters. The first-order valence-electron chi connectivity index (χ1n) is 9.11. The summed E-state index contributed by atoms with van der Waals surface area (Å²) in [6, 6.07) is 9.92. The number of aromatic nitrogens is 2. The van der Waals surface area contributed by atoms with Crippen molar-refractivity contribution >= 4 is 38.8 Å². The predicted octanol–water partition coefficient (Wildman–Crippen LogP) is 4.12. The van der Waals surface area contributed by atoms with Crippen LogP contribution in [-0.4, -0.2) is 20.4 Å². The summed E-state index contributed by atoms with van der Waals surface area (Å²) in [5.74, 6) is -0.905. The second kappa shape index (κ2) is 8.07. The van der Waals surface area contributed by atoms with Crippen LogP contribution < -0.4 is 10.9 Å². The summed E-state index contributed by atoms with van der Waals surface area (Å²) < 4.78 is 14.4. The molecule has 2 heterocycles. The van der Waals surface area contributed by atoms with E-state index in [0.29, 0.717) is 32.6 Å². The third-order valence-corrected chi connectivity index (χ3v) is 5.62. The Balaban J connectivity index is 1.64. The van der Waals surface area contributed by atoms with Crippen LogP contribution in [0.5, 0.6) is 0 Å². The van der Waals surface area contributed by atoms with Crippen LogP contribution in [0.2, 0.25) is 0 Å². The molecule has 0 spiro atoms. The Labute approximate surface area is 178 Å². The Kier molecular flexibility index (Phi) is 5.30. The number of nitrogens with one attached hydrogen (secondary N) is 1. The van der Waals surface area contributed by atoms with Crippen molar-refractivity contribution in [2.45, 2.75) is 13.5 Å². The third kappa shape index (κ3) is 4.05. The lowest BCUT2D eigenvalue weighted by molar-refractivity contribution is -0.384. The van der Waals surface area contributed by atoms with E-state index in [0.717, 1.165) is 0 Å². The zero-order valence-corrected chi connectivity index (χ0v) is 17.0. The fraction of sp³-hybridized carbons (Fsp3) is 0.0952. The minimum absolute atomic E-state index is 0.150. The summed E-state index contributed by atoms with van der Waals surface area (Å²) in [6.45, 7) is 1.39. The van der Waals surface area contributed by atoms with E-state index in [4.69, 9.17) is 0 Å². The standard InChI is InChI=1S/C21H15FN4O4S/c1-12-2-7-15(26(29)30)8-17(12)24-18(27)9-25-11-23-20-19(21(25)28)16(10-31-20)13-3-5-14(22)6-4-13/h2-8,10-11H,9H2,1H3,(H,24,27). The zero-order chi connectivity index (χ0) is 22.1. The molecule has 8 nitrogen and oxygen atoms in total. The maximum atomic E-state index is 13.2. The van der Waals surface area contributed by atoms with Crippen LogP contribution in [0, 0.1) is 22.9 Å². The molecule has 0 aliphatic heterocycles.